The number of aryl methyl sites for hydroxylation is 2. The van der Waals surface area contributed by atoms with Crippen molar-refractivity contribution in [3.63, 3.8) is 0 Å². The third-order valence-electron chi connectivity index (χ3n) is 5.48. The van der Waals surface area contributed by atoms with Crippen molar-refractivity contribution in [1.82, 2.24) is 19.5 Å². The molecule has 0 N–H and O–H groups in total. The number of anilines is 1. The molecule has 1 atom stereocenters. The zero-order valence-corrected chi connectivity index (χ0v) is 18.3. The van der Waals surface area contributed by atoms with Crippen molar-refractivity contribution in [2.24, 2.45) is 0 Å². The summed E-state index contributed by atoms with van der Waals surface area (Å²) in [6, 6.07) is 14.6. The van der Waals surface area contributed by atoms with Gasteiger partial charge in [0.15, 0.2) is 0 Å². The molecule has 1 unspecified atom stereocenters. The topological polar surface area (TPSA) is 63.9 Å². The first kappa shape index (κ1) is 18.3. The van der Waals surface area contributed by atoms with Gasteiger partial charge >= 0.3 is 175 Å². The molecule has 0 radical (unpaired) electrons. The number of rotatable bonds is 3. The fourth-order valence-electron chi connectivity index (χ4n) is 3.79. The summed E-state index contributed by atoms with van der Waals surface area (Å²) >= 11 is 0.298. The molecule has 7 heteroatoms. The Labute approximate surface area is 174 Å². The van der Waals surface area contributed by atoms with Crippen LogP contribution in [0.25, 0.3) is 22.2 Å². The van der Waals surface area contributed by atoms with Crippen LogP contribution in [0.2, 0.25) is 5.32 Å². The molecule has 5 rings (SSSR count). The van der Waals surface area contributed by atoms with Gasteiger partial charge in [-0.1, -0.05) is 0 Å². The number of benzene rings is 2. The standard InChI is InChI=1S/C22H21N5OSe/c1-13-9-17-18(10-14(13)2)24-20-19(23-17)21(28)27-15(11-26(3)22(27)25-20)12-29-16-7-5-4-6-8-16/h4-10,15H,11-12H2,1-3H3. The van der Waals surface area contributed by atoms with Crippen molar-refractivity contribution in [2.75, 3.05) is 18.5 Å². The van der Waals surface area contributed by atoms with Crippen molar-refractivity contribution < 1.29 is 0 Å². The second-order valence-corrected chi connectivity index (χ2v) is 9.86. The van der Waals surface area contributed by atoms with E-state index in [1.807, 2.05) is 36.7 Å². The van der Waals surface area contributed by atoms with Crippen LogP contribution < -0.4 is 14.9 Å². The molecule has 0 saturated carbocycles. The number of hydrogen-bond donors (Lipinski definition) is 0. The number of fused-ring (bicyclic) bond motifs is 3. The van der Waals surface area contributed by atoms with E-state index in [-0.39, 0.29) is 11.6 Å². The second-order valence-electron chi connectivity index (χ2n) is 7.57. The van der Waals surface area contributed by atoms with Crippen LogP contribution in [0.15, 0.2) is 47.3 Å². The zero-order valence-electron chi connectivity index (χ0n) is 16.6. The SMILES string of the molecule is Cc1cc2nc3nc4n(c(=O)c3nc2cc1C)C(C[Se]c1ccccc1)CN4C. The summed E-state index contributed by atoms with van der Waals surface area (Å²) in [7, 11) is 1.99. The molecule has 29 heavy (non-hydrogen) atoms. The summed E-state index contributed by atoms with van der Waals surface area (Å²) in [5.74, 6) is 0.689. The predicted molar refractivity (Wildman–Crippen MR) is 118 cm³/mol. The molecule has 2 aromatic heterocycles. The molecule has 1 aliphatic rings. The van der Waals surface area contributed by atoms with Gasteiger partial charge in [0.2, 0.25) is 0 Å². The molecule has 6 nitrogen and oxygen atoms in total. The van der Waals surface area contributed by atoms with Gasteiger partial charge in [-0.05, 0) is 0 Å². The molecule has 0 spiro atoms. The van der Waals surface area contributed by atoms with Crippen molar-refractivity contribution in [2.45, 2.75) is 25.2 Å². The third-order valence-corrected chi connectivity index (χ3v) is 7.91. The number of nitrogens with zero attached hydrogens (tertiary/aromatic N) is 5. The molecule has 0 saturated heterocycles. The van der Waals surface area contributed by atoms with Gasteiger partial charge in [0.25, 0.3) is 0 Å². The van der Waals surface area contributed by atoms with Crippen molar-refractivity contribution in [1.29, 1.82) is 0 Å². The van der Waals surface area contributed by atoms with E-state index in [4.69, 9.17) is 4.98 Å². The maximum absolute atomic E-state index is 13.4. The van der Waals surface area contributed by atoms with Crippen LogP contribution >= 0.6 is 0 Å². The summed E-state index contributed by atoms with van der Waals surface area (Å²) in [5, 5.41) is 0.945. The predicted octanol–water partition coefficient (Wildman–Crippen LogP) is 2.40. The van der Waals surface area contributed by atoms with Gasteiger partial charge in [0.1, 0.15) is 0 Å². The van der Waals surface area contributed by atoms with Crippen LogP contribution in [-0.2, 0) is 0 Å². The van der Waals surface area contributed by atoms with Crippen LogP contribution in [0.5, 0.6) is 0 Å². The molecule has 2 aromatic carbocycles. The minimum absolute atomic E-state index is 0.0872. The molecule has 4 aromatic rings. The average molecular weight is 450 g/mol. The van der Waals surface area contributed by atoms with E-state index in [2.05, 4.69) is 46.1 Å². The quantitative estimate of drug-likeness (QED) is 0.354. The van der Waals surface area contributed by atoms with Crippen LogP contribution in [0.4, 0.5) is 5.95 Å². The Morgan fingerprint density at radius 1 is 1.03 bits per heavy atom. The second kappa shape index (κ2) is 6.94. The molecule has 0 amide bonds. The summed E-state index contributed by atoms with van der Waals surface area (Å²) in [6.07, 6.45) is 0. The van der Waals surface area contributed by atoms with Gasteiger partial charge < -0.3 is 0 Å². The molecule has 0 bridgehead atoms. The Morgan fingerprint density at radius 2 is 1.72 bits per heavy atom. The van der Waals surface area contributed by atoms with Gasteiger partial charge in [-0.15, -0.1) is 0 Å². The van der Waals surface area contributed by atoms with E-state index >= 15 is 0 Å². The summed E-state index contributed by atoms with van der Waals surface area (Å²) in [6.45, 7) is 4.88. The summed E-state index contributed by atoms with van der Waals surface area (Å²) in [5.41, 5.74) is 4.53. The first-order chi connectivity index (χ1) is 14.0. The molecule has 3 heterocycles. The van der Waals surface area contributed by atoms with Gasteiger partial charge in [-0.3, -0.25) is 0 Å². The van der Waals surface area contributed by atoms with E-state index in [1.165, 1.54) is 4.46 Å². The Balaban J connectivity index is 1.61. The van der Waals surface area contributed by atoms with Crippen LogP contribution in [0.3, 0.4) is 0 Å². The van der Waals surface area contributed by atoms with Crippen molar-refractivity contribution in [3.8, 4) is 0 Å². The third kappa shape index (κ3) is 3.11. The van der Waals surface area contributed by atoms with E-state index in [9.17, 15) is 4.79 Å². The molecule has 146 valence electrons. The molecule has 1 aliphatic heterocycles. The van der Waals surface area contributed by atoms with Crippen molar-refractivity contribution in [3.05, 3.63) is 63.9 Å². The van der Waals surface area contributed by atoms with Gasteiger partial charge in [-0.25, -0.2) is 0 Å². The fraction of sp³-hybridized carbons (Fsp3) is 0.273. The molecular weight excluding hydrogens is 429 g/mol. The van der Waals surface area contributed by atoms with Gasteiger partial charge in [-0.2, -0.15) is 0 Å². The van der Waals surface area contributed by atoms with E-state index in [0.717, 1.165) is 34.0 Å². The Kier molecular flexibility index (Phi) is 4.37. The first-order valence-electron chi connectivity index (χ1n) is 9.61. The van der Waals surface area contributed by atoms with Gasteiger partial charge in [0, 0.05) is 0 Å². The Hall–Kier alpha value is -2.76. The van der Waals surface area contributed by atoms with E-state index in [0.29, 0.717) is 32.1 Å². The van der Waals surface area contributed by atoms with Crippen molar-refractivity contribution >= 4 is 47.6 Å². The Morgan fingerprint density at radius 3 is 2.45 bits per heavy atom. The molecule has 0 fully saturated rings. The molecular formula is C22H21N5OSe. The fourth-order valence-corrected chi connectivity index (χ4v) is 5.87. The maximum atomic E-state index is 13.4. The average Bonchev–Trinajstić information content (AvgIpc) is 3.03. The monoisotopic (exact) mass is 451 g/mol. The van der Waals surface area contributed by atoms with Crippen LogP contribution in [0.1, 0.15) is 17.2 Å². The van der Waals surface area contributed by atoms with E-state index in [1.54, 1.807) is 0 Å². The first-order valence-corrected chi connectivity index (χ1v) is 11.7. The summed E-state index contributed by atoms with van der Waals surface area (Å²) in [4.78, 5) is 29.5. The molecule has 0 aliphatic carbocycles. The van der Waals surface area contributed by atoms with Crippen LogP contribution in [0, 0.1) is 13.8 Å². The Bertz CT molecular complexity index is 1300. The van der Waals surface area contributed by atoms with E-state index < -0.39 is 0 Å². The van der Waals surface area contributed by atoms with Crippen LogP contribution in [-0.4, -0.2) is 48.1 Å². The normalized spacial score (nSPS) is 16.0. The number of aromatic nitrogens is 4. The zero-order chi connectivity index (χ0) is 20.1. The minimum atomic E-state index is -0.0872. The summed E-state index contributed by atoms with van der Waals surface area (Å²) < 4.78 is 3.17. The number of hydrogen-bond acceptors (Lipinski definition) is 5. The van der Waals surface area contributed by atoms with Gasteiger partial charge in [0.05, 0.1) is 0 Å². The number of likely N-dealkylation sites (N-methyl/N-ethyl adjacent to an activating group) is 1.